The molecular weight excluding hydrogens is 220 g/mol. The Morgan fingerprint density at radius 3 is 2.59 bits per heavy atom. The fourth-order valence-electron chi connectivity index (χ4n) is 1.64. The van der Waals surface area contributed by atoms with Crippen molar-refractivity contribution in [2.24, 2.45) is 16.9 Å². The van der Waals surface area contributed by atoms with Crippen LogP contribution >= 0.6 is 0 Å². The molecule has 1 rings (SSSR count). The van der Waals surface area contributed by atoms with Crippen molar-refractivity contribution < 1.29 is 9.90 Å². The monoisotopic (exact) mass is 240 g/mol. The first kappa shape index (κ1) is 13.4. The molecule has 6 heteroatoms. The smallest absolute Gasteiger partial charge is 0.212 e. The van der Waals surface area contributed by atoms with E-state index in [1.807, 2.05) is 11.9 Å². The maximum absolute atomic E-state index is 10.2. The standard InChI is InChI=1S/C11H20N4O2/c1-8(9(12)10(13)14-7-17)15(2)5-11(6-16)3-4-11/h7,16H,1,3-6,12-13H2,2H3,(H,14,17)/b10-9+. The summed E-state index contributed by atoms with van der Waals surface area (Å²) in [4.78, 5) is 12.1. The number of carbonyl (C=O) groups excluding carboxylic acids is 1. The molecule has 0 aliphatic heterocycles. The molecule has 1 amide bonds. The molecule has 6 N–H and O–H groups in total. The van der Waals surface area contributed by atoms with Crippen molar-refractivity contribution in [2.75, 3.05) is 20.2 Å². The van der Waals surface area contributed by atoms with Crippen LogP contribution in [0.1, 0.15) is 12.8 Å². The molecule has 0 aromatic carbocycles. The number of hydrogen-bond acceptors (Lipinski definition) is 5. The first-order valence-corrected chi connectivity index (χ1v) is 5.42. The molecule has 0 unspecified atom stereocenters. The number of nitrogens with two attached hydrogens (primary N) is 2. The van der Waals surface area contributed by atoms with Crippen LogP contribution in [0.3, 0.4) is 0 Å². The lowest BCUT2D eigenvalue weighted by atomic mass is 10.1. The Balaban J connectivity index is 2.63. The largest absolute Gasteiger partial charge is 0.396 e. The number of likely N-dealkylation sites (N-methyl/N-ethyl adjacent to an activating group) is 1. The summed E-state index contributed by atoms with van der Waals surface area (Å²) < 4.78 is 0. The molecule has 1 fully saturated rings. The van der Waals surface area contributed by atoms with Crippen molar-refractivity contribution in [3.63, 3.8) is 0 Å². The van der Waals surface area contributed by atoms with Gasteiger partial charge in [0.15, 0.2) is 0 Å². The molecule has 6 nitrogen and oxygen atoms in total. The maximum atomic E-state index is 10.2. The summed E-state index contributed by atoms with van der Waals surface area (Å²) in [5, 5.41) is 11.5. The number of nitrogens with zero attached hydrogens (tertiary/aromatic N) is 1. The molecule has 0 radical (unpaired) electrons. The Labute approximate surface area is 101 Å². The van der Waals surface area contributed by atoms with Crippen molar-refractivity contribution in [3.05, 3.63) is 23.8 Å². The van der Waals surface area contributed by atoms with Gasteiger partial charge in [0.05, 0.1) is 18.0 Å². The molecule has 1 saturated carbocycles. The van der Waals surface area contributed by atoms with E-state index in [-0.39, 0.29) is 23.5 Å². The molecule has 17 heavy (non-hydrogen) atoms. The second kappa shape index (κ2) is 5.09. The molecule has 0 spiro atoms. The number of aliphatic hydroxyl groups excluding tert-OH is 1. The summed E-state index contributed by atoms with van der Waals surface area (Å²) in [7, 11) is 1.83. The topological polar surface area (TPSA) is 105 Å². The predicted molar refractivity (Wildman–Crippen MR) is 65.1 cm³/mol. The average molecular weight is 240 g/mol. The molecule has 0 aromatic rings. The zero-order valence-corrected chi connectivity index (χ0v) is 10.1. The van der Waals surface area contributed by atoms with E-state index in [1.54, 1.807) is 0 Å². The van der Waals surface area contributed by atoms with Crippen molar-refractivity contribution in [3.8, 4) is 0 Å². The van der Waals surface area contributed by atoms with Crippen LogP contribution in [-0.2, 0) is 4.79 Å². The molecule has 1 aliphatic carbocycles. The predicted octanol–water partition coefficient (Wildman–Crippen LogP) is -0.963. The van der Waals surface area contributed by atoms with E-state index in [0.717, 1.165) is 12.8 Å². The Bertz CT molecular complexity index is 347. The van der Waals surface area contributed by atoms with Crippen molar-refractivity contribution in [2.45, 2.75) is 12.8 Å². The van der Waals surface area contributed by atoms with Crippen LogP contribution in [0.4, 0.5) is 0 Å². The van der Waals surface area contributed by atoms with Gasteiger partial charge in [0.1, 0.15) is 5.82 Å². The summed E-state index contributed by atoms with van der Waals surface area (Å²) in [6, 6.07) is 0. The van der Waals surface area contributed by atoms with Gasteiger partial charge in [0, 0.05) is 19.0 Å². The van der Waals surface area contributed by atoms with E-state index in [2.05, 4.69) is 11.9 Å². The third-order valence-corrected chi connectivity index (χ3v) is 3.14. The van der Waals surface area contributed by atoms with Crippen LogP contribution in [-0.4, -0.2) is 36.6 Å². The minimum absolute atomic E-state index is 0.0230. The quantitative estimate of drug-likeness (QED) is 0.339. The van der Waals surface area contributed by atoms with E-state index in [1.165, 1.54) is 0 Å². The van der Waals surface area contributed by atoms with Gasteiger partial charge in [-0.15, -0.1) is 0 Å². The third kappa shape index (κ3) is 3.13. The van der Waals surface area contributed by atoms with Crippen LogP contribution in [0.25, 0.3) is 0 Å². The van der Waals surface area contributed by atoms with Crippen LogP contribution in [0.15, 0.2) is 23.8 Å². The van der Waals surface area contributed by atoms with E-state index in [9.17, 15) is 9.90 Å². The van der Waals surface area contributed by atoms with Crippen LogP contribution in [0.5, 0.6) is 0 Å². The second-order valence-electron chi connectivity index (χ2n) is 4.55. The normalized spacial score (nSPS) is 18.0. The number of amides is 1. The van der Waals surface area contributed by atoms with E-state index in [4.69, 9.17) is 11.5 Å². The second-order valence-corrected chi connectivity index (χ2v) is 4.55. The lowest BCUT2D eigenvalue weighted by Crippen LogP contribution is -2.33. The molecular formula is C11H20N4O2. The molecule has 0 aromatic heterocycles. The third-order valence-electron chi connectivity index (χ3n) is 3.14. The molecule has 0 saturated heterocycles. The first-order valence-electron chi connectivity index (χ1n) is 5.42. The van der Waals surface area contributed by atoms with Gasteiger partial charge < -0.3 is 26.8 Å². The summed E-state index contributed by atoms with van der Waals surface area (Å²) in [5.74, 6) is 0.0886. The van der Waals surface area contributed by atoms with Crippen molar-refractivity contribution in [1.29, 1.82) is 0 Å². The van der Waals surface area contributed by atoms with E-state index in [0.29, 0.717) is 18.7 Å². The van der Waals surface area contributed by atoms with Crippen molar-refractivity contribution in [1.82, 2.24) is 10.2 Å². The first-order chi connectivity index (χ1) is 7.95. The fraction of sp³-hybridized carbons (Fsp3) is 0.545. The minimum atomic E-state index is -0.0230. The van der Waals surface area contributed by atoms with Crippen LogP contribution < -0.4 is 16.8 Å². The summed E-state index contributed by atoms with van der Waals surface area (Å²) >= 11 is 0. The van der Waals surface area contributed by atoms with Gasteiger partial charge in [-0.1, -0.05) is 6.58 Å². The zero-order chi connectivity index (χ0) is 13.1. The Hall–Kier alpha value is -1.69. The van der Waals surface area contributed by atoms with Crippen molar-refractivity contribution >= 4 is 6.41 Å². The highest BCUT2D eigenvalue weighted by atomic mass is 16.3. The van der Waals surface area contributed by atoms with Gasteiger partial charge in [0.25, 0.3) is 0 Å². The van der Waals surface area contributed by atoms with Crippen LogP contribution in [0, 0.1) is 5.41 Å². The number of hydrogen-bond donors (Lipinski definition) is 4. The molecule has 1 aliphatic rings. The van der Waals surface area contributed by atoms with Gasteiger partial charge in [-0.05, 0) is 12.8 Å². The number of aliphatic hydroxyl groups is 1. The highest BCUT2D eigenvalue weighted by molar-refractivity contribution is 5.51. The van der Waals surface area contributed by atoms with Crippen LogP contribution in [0.2, 0.25) is 0 Å². The fourth-order valence-corrected chi connectivity index (χ4v) is 1.64. The molecule has 0 bridgehead atoms. The number of carbonyl (C=O) groups is 1. The molecule has 96 valence electrons. The van der Waals surface area contributed by atoms with Gasteiger partial charge in [-0.25, -0.2) is 0 Å². The maximum Gasteiger partial charge on any atom is 0.212 e. The zero-order valence-electron chi connectivity index (χ0n) is 10.1. The van der Waals surface area contributed by atoms with Gasteiger partial charge >= 0.3 is 0 Å². The van der Waals surface area contributed by atoms with Gasteiger partial charge in [0.2, 0.25) is 6.41 Å². The number of nitrogens with one attached hydrogen (secondary N) is 1. The summed E-state index contributed by atoms with van der Waals surface area (Å²) in [6.07, 6.45) is 2.48. The minimum Gasteiger partial charge on any atom is -0.396 e. The average Bonchev–Trinajstić information content (AvgIpc) is 3.07. The highest BCUT2D eigenvalue weighted by Crippen LogP contribution is 2.45. The Kier molecular flexibility index (Phi) is 4.01. The molecule has 0 heterocycles. The van der Waals surface area contributed by atoms with Gasteiger partial charge in [-0.3, -0.25) is 4.79 Å². The summed E-state index contributed by atoms with van der Waals surface area (Å²) in [6.45, 7) is 4.67. The lowest BCUT2D eigenvalue weighted by molar-refractivity contribution is -0.108. The van der Waals surface area contributed by atoms with E-state index >= 15 is 0 Å². The molecule has 0 atom stereocenters. The lowest BCUT2D eigenvalue weighted by Gasteiger charge is -2.26. The van der Waals surface area contributed by atoms with E-state index < -0.39 is 0 Å². The highest BCUT2D eigenvalue weighted by Gasteiger charge is 2.43. The number of rotatable bonds is 7. The SMILES string of the molecule is C=C(/C(N)=C(/N)NC=O)N(C)CC1(CO)CC1. The Morgan fingerprint density at radius 1 is 1.59 bits per heavy atom. The summed E-state index contributed by atoms with van der Waals surface area (Å²) in [5.41, 5.74) is 12.1. The van der Waals surface area contributed by atoms with Gasteiger partial charge in [-0.2, -0.15) is 0 Å². The Morgan fingerprint density at radius 2 is 2.18 bits per heavy atom.